The number of aliphatic imine (C=N–C) groups is 1. The average Bonchev–Trinajstić information content (AvgIpc) is 3.92. The van der Waals surface area contributed by atoms with Crippen molar-refractivity contribution in [1.82, 2.24) is 55.5 Å². The molecule has 1 aliphatic heterocycles. The summed E-state index contributed by atoms with van der Waals surface area (Å²) in [5, 5.41) is 23.4. The maximum Gasteiger partial charge on any atom is 0.246 e. The van der Waals surface area contributed by atoms with Crippen LogP contribution >= 0.6 is 8.29 Å². The lowest BCUT2D eigenvalue weighted by Gasteiger charge is -2.72. The standard InChI is InChI=1S/C28H20N12O2S/c1-4-21(30-8-1)43(22-5-2-11-35-39-22,23-18-29-13-14-31-23,28-33-9-3-10-34-28)25(19-6-12-36-38-19)24(26-32-15-17-41-26)37-27(43)20-7-16-42-40-20/h1-18,30H,(H,36,38). The first kappa shape index (κ1) is 24.7. The highest BCUT2D eigenvalue weighted by Crippen LogP contribution is 3.12. The fourth-order valence-electron chi connectivity index (χ4n) is 6.22. The highest BCUT2D eigenvalue weighted by Gasteiger charge is 2.82. The van der Waals surface area contributed by atoms with Gasteiger partial charge in [0.25, 0.3) is 0 Å². The van der Waals surface area contributed by atoms with E-state index < -0.39 is 8.29 Å². The number of hydrogen-bond donors (Lipinski definition) is 2. The molecule has 7 aromatic rings. The zero-order valence-corrected chi connectivity index (χ0v) is 22.9. The number of hydrogen-bond acceptors (Lipinski definition) is 12. The van der Waals surface area contributed by atoms with Gasteiger partial charge in [0.05, 0.1) is 28.0 Å². The van der Waals surface area contributed by atoms with E-state index in [2.05, 4.69) is 35.4 Å². The van der Waals surface area contributed by atoms with Crippen LogP contribution in [0, 0.1) is 0 Å². The number of nitrogens with one attached hydrogen (secondary N) is 2. The van der Waals surface area contributed by atoms with Gasteiger partial charge in [-0.05, 0) is 36.4 Å². The van der Waals surface area contributed by atoms with Crippen molar-refractivity contribution < 1.29 is 8.94 Å². The predicted octanol–water partition coefficient (Wildman–Crippen LogP) is 4.48. The highest BCUT2D eigenvalue weighted by atomic mass is 32.4. The Labute approximate surface area is 241 Å². The van der Waals surface area contributed by atoms with E-state index in [0.717, 1.165) is 0 Å². The third-order valence-electron chi connectivity index (χ3n) is 7.71. The van der Waals surface area contributed by atoms with Crippen molar-refractivity contribution in [2.24, 2.45) is 4.99 Å². The van der Waals surface area contributed by atoms with Crippen LogP contribution in [0.1, 0.15) is 17.3 Å². The van der Waals surface area contributed by atoms with E-state index in [1.54, 1.807) is 67.8 Å². The van der Waals surface area contributed by atoms with Crippen LogP contribution < -0.4 is 0 Å². The zero-order chi connectivity index (χ0) is 28.8. The van der Waals surface area contributed by atoms with Crippen LogP contribution in [-0.4, -0.2) is 60.5 Å². The molecule has 0 atom stereocenters. The lowest BCUT2D eigenvalue weighted by molar-refractivity contribution is 0.418. The Balaban J connectivity index is 1.85. The fraction of sp³-hybridized carbons (Fsp3) is 0. The highest BCUT2D eigenvalue weighted by molar-refractivity contribution is 8.80. The molecule has 0 unspecified atom stereocenters. The number of oxazole rings is 1. The molecule has 1 aliphatic rings. The molecule has 0 amide bonds. The van der Waals surface area contributed by atoms with Gasteiger partial charge in [0.15, 0.2) is 5.16 Å². The van der Waals surface area contributed by atoms with Gasteiger partial charge in [-0.15, -0.1) is 5.10 Å². The summed E-state index contributed by atoms with van der Waals surface area (Å²) in [6.07, 6.45) is 17.8. The minimum absolute atomic E-state index is 0.225. The van der Waals surface area contributed by atoms with Crippen LogP contribution in [0.2, 0.25) is 0 Å². The maximum absolute atomic E-state index is 5.96. The van der Waals surface area contributed by atoms with Gasteiger partial charge in [-0.3, -0.25) is 10.1 Å². The fourth-order valence-corrected chi connectivity index (χ4v) is 14.2. The molecule has 7 aromatic heterocycles. The quantitative estimate of drug-likeness (QED) is 0.250. The summed E-state index contributed by atoms with van der Waals surface area (Å²) in [5.41, 5.74) is 1.28. The van der Waals surface area contributed by atoms with Crippen LogP contribution in [0.15, 0.2) is 145 Å². The average molecular weight is 589 g/mol. The maximum atomic E-state index is 5.96. The molecule has 14 nitrogen and oxygen atoms in total. The SMILES string of the molecule is c1cnc(S2(c3cnccn3)(c3cccnn3)(c3ccc[nH]3)C(c3ccon3)=NC(c3ncco3)=C2c2ccn[nH]2)nc1. The van der Waals surface area contributed by atoms with E-state index in [-0.39, 0.29) is 5.89 Å². The summed E-state index contributed by atoms with van der Waals surface area (Å²) in [6, 6.07) is 12.8. The van der Waals surface area contributed by atoms with Crippen molar-refractivity contribution in [3.05, 3.63) is 128 Å². The molecule has 43 heavy (non-hydrogen) atoms. The molecular weight excluding hydrogens is 568 g/mol. The van der Waals surface area contributed by atoms with E-state index in [0.29, 0.717) is 47.3 Å². The van der Waals surface area contributed by atoms with Crippen LogP contribution in [0.4, 0.5) is 0 Å². The number of H-pyrrole nitrogens is 2. The van der Waals surface area contributed by atoms with Crippen molar-refractivity contribution in [2.75, 3.05) is 0 Å². The van der Waals surface area contributed by atoms with Gasteiger partial charge in [0.1, 0.15) is 39.0 Å². The molecule has 0 aliphatic carbocycles. The number of nitrogens with zero attached hydrogens (tertiary/aromatic N) is 10. The third-order valence-corrected chi connectivity index (χ3v) is 15.4. The Morgan fingerprint density at radius 3 is 2.40 bits per heavy atom. The van der Waals surface area contributed by atoms with E-state index in [1.807, 2.05) is 30.5 Å². The monoisotopic (exact) mass is 588 g/mol. The van der Waals surface area contributed by atoms with Crippen LogP contribution in [-0.2, 0) is 0 Å². The second-order valence-electron chi connectivity index (χ2n) is 9.49. The normalized spacial score (nSPS) is 18.3. The molecular formula is C28H20N12O2S. The first-order valence-corrected chi connectivity index (χ1v) is 15.4. The van der Waals surface area contributed by atoms with Crippen molar-refractivity contribution in [3.63, 3.8) is 0 Å². The molecule has 0 bridgehead atoms. The summed E-state index contributed by atoms with van der Waals surface area (Å²) < 4.78 is 11.4. The Morgan fingerprint density at radius 2 is 1.72 bits per heavy atom. The Morgan fingerprint density at radius 1 is 0.767 bits per heavy atom. The molecule has 2 N–H and O–H groups in total. The number of rotatable bonds is 7. The summed E-state index contributed by atoms with van der Waals surface area (Å²) in [7, 11) is -5.43. The van der Waals surface area contributed by atoms with E-state index >= 15 is 0 Å². The third kappa shape index (κ3) is 2.60. The summed E-state index contributed by atoms with van der Waals surface area (Å²) in [6.45, 7) is 0. The topological polar surface area (TPSA) is 186 Å². The molecule has 0 saturated heterocycles. The molecule has 15 heteroatoms. The van der Waals surface area contributed by atoms with Crippen LogP contribution in [0.3, 0.4) is 0 Å². The zero-order valence-electron chi connectivity index (χ0n) is 22.1. The van der Waals surface area contributed by atoms with E-state index in [9.17, 15) is 0 Å². The summed E-state index contributed by atoms with van der Waals surface area (Å²) in [5.74, 6) is 0.225. The van der Waals surface area contributed by atoms with Gasteiger partial charge in [0.2, 0.25) is 5.89 Å². The predicted molar refractivity (Wildman–Crippen MR) is 152 cm³/mol. The summed E-state index contributed by atoms with van der Waals surface area (Å²) in [4.78, 5) is 33.8. The molecule has 0 aromatic carbocycles. The van der Waals surface area contributed by atoms with Crippen LogP contribution in [0.25, 0.3) is 10.6 Å². The van der Waals surface area contributed by atoms with Gasteiger partial charge in [-0.2, -0.15) is 10.2 Å². The van der Waals surface area contributed by atoms with Crippen molar-refractivity contribution in [3.8, 4) is 0 Å². The molecule has 210 valence electrons. The molecule has 0 saturated carbocycles. The summed E-state index contributed by atoms with van der Waals surface area (Å²) >= 11 is 0. The Kier molecular flexibility index (Phi) is 5.00. The van der Waals surface area contributed by atoms with E-state index in [1.165, 1.54) is 12.5 Å². The van der Waals surface area contributed by atoms with Gasteiger partial charge >= 0.3 is 0 Å². The lowest BCUT2D eigenvalue weighted by atomic mass is 10.3. The second-order valence-corrected chi connectivity index (χ2v) is 15.0. The van der Waals surface area contributed by atoms with Gasteiger partial charge in [0, 0.05) is 49.4 Å². The Hall–Kier alpha value is -6.09. The van der Waals surface area contributed by atoms with Gasteiger partial charge < -0.3 is 13.9 Å². The molecule has 8 rings (SSSR count). The van der Waals surface area contributed by atoms with Crippen molar-refractivity contribution in [2.45, 2.75) is 20.2 Å². The Bertz CT molecular complexity index is 1990. The minimum atomic E-state index is -5.43. The molecule has 8 heterocycles. The molecule has 0 spiro atoms. The number of aromatic amines is 2. The van der Waals surface area contributed by atoms with Gasteiger partial charge in [-0.1, -0.05) is 13.5 Å². The first-order chi connectivity index (χ1) is 21.3. The number of aromatic nitrogens is 11. The van der Waals surface area contributed by atoms with Crippen molar-refractivity contribution >= 4 is 23.9 Å². The smallest absolute Gasteiger partial charge is 0.246 e. The lowest BCUT2D eigenvalue weighted by Crippen LogP contribution is -2.47. The van der Waals surface area contributed by atoms with Gasteiger partial charge in [-0.25, -0.2) is 24.9 Å². The van der Waals surface area contributed by atoms with Crippen molar-refractivity contribution in [1.29, 1.82) is 0 Å². The van der Waals surface area contributed by atoms with Crippen LogP contribution in [0.5, 0.6) is 0 Å². The largest absolute Gasteiger partial charge is 0.443 e. The van der Waals surface area contributed by atoms with E-state index in [4.69, 9.17) is 34.0 Å². The molecule has 0 fully saturated rings. The second kappa shape index (κ2) is 8.70. The minimum Gasteiger partial charge on any atom is -0.443 e. The molecule has 0 radical (unpaired) electrons. The first-order valence-electron chi connectivity index (χ1n) is 12.9.